The van der Waals surface area contributed by atoms with Crippen LogP contribution in [0, 0.1) is 5.92 Å². The van der Waals surface area contributed by atoms with E-state index in [0.29, 0.717) is 17.4 Å². The maximum absolute atomic E-state index is 11.3. The molecule has 0 saturated carbocycles. The van der Waals surface area contributed by atoms with Crippen LogP contribution in [0.4, 0.5) is 0 Å². The molecule has 4 N–H and O–H groups in total. The molecule has 0 heterocycles. The van der Waals surface area contributed by atoms with E-state index in [9.17, 15) is 10.2 Å². The normalized spacial score (nSPS) is 13.3. The standard InChI is InChI=1S/C38H63NO2/c1-35(2,3)29-22-27(23-30(33(29)40)36(4,5)6)20-26(18-16-14-13-15-17-19-39)21-28-24-31(37(7,8)9)34(41)32(25-28)38(10,11)12/h22-26,40-41H,13-21,39H2,1-12H3. The monoisotopic (exact) mass is 565 g/mol. The van der Waals surface area contributed by atoms with E-state index in [2.05, 4.69) is 107 Å². The molecule has 0 atom stereocenters. The van der Waals surface area contributed by atoms with Gasteiger partial charge in [-0.2, -0.15) is 0 Å². The summed E-state index contributed by atoms with van der Waals surface area (Å²) in [5.74, 6) is 1.38. The van der Waals surface area contributed by atoms with Crippen molar-refractivity contribution in [2.24, 2.45) is 11.7 Å². The fraction of sp³-hybridized carbons (Fsp3) is 0.684. The predicted molar refractivity (Wildman–Crippen MR) is 179 cm³/mol. The van der Waals surface area contributed by atoms with Crippen molar-refractivity contribution in [3.63, 3.8) is 0 Å². The lowest BCUT2D eigenvalue weighted by Gasteiger charge is -2.30. The lowest BCUT2D eigenvalue weighted by Crippen LogP contribution is -2.20. The molecule has 0 aliphatic rings. The molecule has 0 amide bonds. The maximum Gasteiger partial charge on any atom is 0.123 e. The first-order valence-electron chi connectivity index (χ1n) is 16.1. The number of rotatable bonds is 11. The summed E-state index contributed by atoms with van der Waals surface area (Å²) >= 11 is 0. The van der Waals surface area contributed by atoms with Crippen LogP contribution in [-0.2, 0) is 34.5 Å². The molecule has 2 aromatic carbocycles. The quantitative estimate of drug-likeness (QED) is 0.237. The number of nitrogens with two attached hydrogens (primary N) is 1. The predicted octanol–water partition coefficient (Wildman–Crippen LogP) is 9.99. The number of phenols is 2. The van der Waals surface area contributed by atoms with Crippen molar-refractivity contribution in [2.75, 3.05) is 6.54 Å². The fourth-order valence-electron chi connectivity index (χ4n) is 5.96. The Balaban J connectivity index is 2.55. The van der Waals surface area contributed by atoms with E-state index in [1.165, 1.54) is 36.8 Å². The van der Waals surface area contributed by atoms with E-state index in [1.54, 1.807) is 0 Å². The molecule has 3 nitrogen and oxygen atoms in total. The van der Waals surface area contributed by atoms with Crippen molar-refractivity contribution in [3.8, 4) is 11.5 Å². The van der Waals surface area contributed by atoms with Gasteiger partial charge in [0.25, 0.3) is 0 Å². The Hall–Kier alpha value is -2.00. The smallest absolute Gasteiger partial charge is 0.123 e. The number of hydrogen-bond acceptors (Lipinski definition) is 3. The van der Waals surface area contributed by atoms with Gasteiger partial charge in [-0.15, -0.1) is 0 Å². The molecule has 2 aromatic rings. The lowest BCUT2D eigenvalue weighted by molar-refractivity contribution is 0.416. The van der Waals surface area contributed by atoms with E-state index >= 15 is 0 Å². The maximum atomic E-state index is 11.3. The number of aromatic hydroxyl groups is 2. The molecule has 0 fully saturated rings. The van der Waals surface area contributed by atoms with Crippen LogP contribution < -0.4 is 5.73 Å². The third-order valence-corrected chi connectivity index (χ3v) is 8.44. The third kappa shape index (κ3) is 10.1. The highest BCUT2D eigenvalue weighted by molar-refractivity contribution is 5.51. The largest absolute Gasteiger partial charge is 0.507 e. The third-order valence-electron chi connectivity index (χ3n) is 8.44. The van der Waals surface area contributed by atoms with Crippen molar-refractivity contribution in [1.29, 1.82) is 0 Å². The summed E-state index contributed by atoms with van der Waals surface area (Å²) in [7, 11) is 0. The van der Waals surface area contributed by atoms with Crippen molar-refractivity contribution < 1.29 is 10.2 Å². The van der Waals surface area contributed by atoms with Gasteiger partial charge in [0, 0.05) is 0 Å². The van der Waals surface area contributed by atoms with Gasteiger partial charge >= 0.3 is 0 Å². The first-order chi connectivity index (χ1) is 18.7. The summed E-state index contributed by atoms with van der Waals surface area (Å²) in [5, 5.41) is 22.6. The lowest BCUT2D eigenvalue weighted by atomic mass is 9.76. The van der Waals surface area contributed by atoms with E-state index < -0.39 is 0 Å². The number of hydrogen-bond donors (Lipinski definition) is 3. The van der Waals surface area contributed by atoms with Crippen LogP contribution in [0.2, 0.25) is 0 Å². The summed E-state index contributed by atoms with van der Waals surface area (Å²) in [5.41, 5.74) is 11.9. The van der Waals surface area contributed by atoms with Gasteiger partial charge in [-0.3, -0.25) is 0 Å². The average molecular weight is 566 g/mol. The Bertz CT molecular complexity index is 979. The number of phenolic OH excluding ortho intramolecular Hbond substituents is 2. The molecule has 41 heavy (non-hydrogen) atoms. The van der Waals surface area contributed by atoms with Crippen LogP contribution in [0.3, 0.4) is 0 Å². The highest BCUT2D eigenvalue weighted by Gasteiger charge is 2.29. The highest BCUT2D eigenvalue weighted by Crippen LogP contribution is 2.42. The molecule has 0 aromatic heterocycles. The molecule has 0 bridgehead atoms. The van der Waals surface area contributed by atoms with Gasteiger partial charge < -0.3 is 15.9 Å². The molecular formula is C38H63NO2. The van der Waals surface area contributed by atoms with Crippen molar-refractivity contribution >= 4 is 0 Å². The van der Waals surface area contributed by atoms with Crippen LogP contribution >= 0.6 is 0 Å². The molecule has 3 heteroatoms. The highest BCUT2D eigenvalue weighted by atomic mass is 16.3. The topological polar surface area (TPSA) is 66.5 Å². The Morgan fingerprint density at radius 3 is 1.10 bits per heavy atom. The Morgan fingerprint density at radius 2 is 0.805 bits per heavy atom. The van der Waals surface area contributed by atoms with Gasteiger partial charge in [0.2, 0.25) is 0 Å². The molecule has 0 aliphatic heterocycles. The Morgan fingerprint density at radius 1 is 0.512 bits per heavy atom. The van der Waals surface area contributed by atoms with E-state index in [-0.39, 0.29) is 21.7 Å². The van der Waals surface area contributed by atoms with E-state index in [0.717, 1.165) is 54.5 Å². The van der Waals surface area contributed by atoms with Crippen LogP contribution in [0.1, 0.15) is 155 Å². The molecule has 0 aliphatic carbocycles. The summed E-state index contributed by atoms with van der Waals surface area (Å²) in [4.78, 5) is 0. The molecule has 0 spiro atoms. The van der Waals surface area contributed by atoms with E-state index in [4.69, 9.17) is 5.73 Å². The van der Waals surface area contributed by atoms with Crippen LogP contribution in [0.15, 0.2) is 24.3 Å². The summed E-state index contributed by atoms with van der Waals surface area (Å²) in [6.45, 7) is 27.1. The first kappa shape index (κ1) is 35.2. The van der Waals surface area contributed by atoms with Gasteiger partial charge in [-0.25, -0.2) is 0 Å². The fourth-order valence-corrected chi connectivity index (χ4v) is 5.96. The van der Waals surface area contributed by atoms with Crippen molar-refractivity contribution in [3.05, 3.63) is 57.6 Å². The summed E-state index contributed by atoms with van der Waals surface area (Å²) in [6.07, 6.45) is 9.14. The Labute approximate surface area is 253 Å². The van der Waals surface area contributed by atoms with Crippen LogP contribution in [-0.4, -0.2) is 16.8 Å². The zero-order valence-corrected chi connectivity index (χ0v) is 28.7. The van der Waals surface area contributed by atoms with Gasteiger partial charge in [0.05, 0.1) is 0 Å². The minimum Gasteiger partial charge on any atom is -0.507 e. The second kappa shape index (κ2) is 13.5. The van der Waals surface area contributed by atoms with Crippen LogP contribution in [0.5, 0.6) is 11.5 Å². The first-order valence-corrected chi connectivity index (χ1v) is 16.1. The molecule has 0 unspecified atom stereocenters. The van der Waals surface area contributed by atoms with Gasteiger partial charge in [0.15, 0.2) is 0 Å². The second-order valence-corrected chi connectivity index (χ2v) is 16.7. The zero-order valence-electron chi connectivity index (χ0n) is 28.7. The minimum atomic E-state index is -0.140. The Kier molecular flexibility index (Phi) is 11.6. The van der Waals surface area contributed by atoms with Gasteiger partial charge in [-0.1, -0.05) is 133 Å². The summed E-state index contributed by atoms with van der Waals surface area (Å²) in [6, 6.07) is 9.04. The molecule has 232 valence electrons. The average Bonchev–Trinajstić information content (AvgIpc) is 2.80. The molecule has 0 saturated heterocycles. The zero-order chi connectivity index (χ0) is 31.4. The van der Waals surface area contributed by atoms with Gasteiger partial charge in [-0.05, 0) is 93.2 Å². The number of unbranched alkanes of at least 4 members (excludes halogenated alkanes) is 4. The van der Waals surface area contributed by atoms with Gasteiger partial charge in [0.1, 0.15) is 11.5 Å². The van der Waals surface area contributed by atoms with Crippen LogP contribution in [0.25, 0.3) is 0 Å². The molecular weight excluding hydrogens is 502 g/mol. The molecule has 0 radical (unpaired) electrons. The van der Waals surface area contributed by atoms with Crippen molar-refractivity contribution in [1.82, 2.24) is 0 Å². The minimum absolute atomic E-state index is 0.140. The summed E-state index contributed by atoms with van der Waals surface area (Å²) < 4.78 is 0. The molecule has 2 rings (SSSR count). The number of benzene rings is 2. The van der Waals surface area contributed by atoms with Crippen molar-refractivity contribution in [2.45, 2.75) is 156 Å². The second-order valence-electron chi connectivity index (χ2n) is 16.7. The SMILES string of the molecule is CC(C)(C)c1cc(CC(CCCCCCCN)Cc2cc(C(C)(C)C)c(O)c(C(C)(C)C)c2)cc(C(C)(C)C)c1O. The van der Waals surface area contributed by atoms with E-state index in [1.807, 2.05) is 0 Å².